The second-order valence-electron chi connectivity index (χ2n) is 8.55. The predicted octanol–water partition coefficient (Wildman–Crippen LogP) is 5.74. The zero-order valence-electron chi connectivity index (χ0n) is 19.0. The van der Waals surface area contributed by atoms with Crippen LogP contribution in [0.5, 0.6) is 17.2 Å². The lowest BCUT2D eigenvalue weighted by atomic mass is 9.87. The van der Waals surface area contributed by atoms with Crippen molar-refractivity contribution in [1.29, 1.82) is 0 Å². The van der Waals surface area contributed by atoms with Gasteiger partial charge in [-0.2, -0.15) is 0 Å². The lowest BCUT2D eigenvalue weighted by Gasteiger charge is -2.19. The van der Waals surface area contributed by atoms with E-state index in [0.717, 1.165) is 35.9 Å². The summed E-state index contributed by atoms with van der Waals surface area (Å²) < 4.78 is 17.0. The minimum Gasteiger partial charge on any atom is -0.493 e. The van der Waals surface area contributed by atoms with Gasteiger partial charge in [0.25, 0.3) is 0 Å². The molecule has 3 aromatic carbocycles. The maximum absolute atomic E-state index is 5.85. The molecule has 0 spiro atoms. The van der Waals surface area contributed by atoms with Crippen LogP contribution in [0.4, 0.5) is 0 Å². The predicted molar refractivity (Wildman–Crippen MR) is 126 cm³/mol. The number of rotatable bonds is 10. The lowest BCUT2D eigenvalue weighted by molar-refractivity contribution is 0.211. The van der Waals surface area contributed by atoms with Crippen molar-refractivity contribution >= 4 is 0 Å². The summed E-state index contributed by atoms with van der Waals surface area (Å²) in [6.07, 6.45) is 0. The van der Waals surface area contributed by atoms with Gasteiger partial charge in [-0.3, -0.25) is 0 Å². The molecule has 0 aromatic heterocycles. The van der Waals surface area contributed by atoms with Gasteiger partial charge in [0.15, 0.2) is 11.5 Å². The Kier molecular flexibility index (Phi) is 7.96. The van der Waals surface area contributed by atoms with Gasteiger partial charge in [0.05, 0.1) is 7.11 Å². The van der Waals surface area contributed by atoms with E-state index in [4.69, 9.17) is 14.2 Å². The topological polar surface area (TPSA) is 39.7 Å². The van der Waals surface area contributed by atoms with E-state index in [9.17, 15) is 0 Å². The van der Waals surface area contributed by atoms with E-state index in [1.165, 1.54) is 11.1 Å². The standard InChI is InChI=1S/C27H33NO3/c1-27(2,3)23-13-10-21(11-14-23)19-28-20-22-12-15-25(26(18-22)29-4)31-17-16-30-24-8-6-5-7-9-24/h5-15,18,28H,16-17,19-20H2,1-4H3. The van der Waals surface area contributed by atoms with Gasteiger partial charge in [-0.05, 0) is 46.4 Å². The Labute approximate surface area is 186 Å². The number of benzene rings is 3. The Bertz CT molecular complexity index is 931. The van der Waals surface area contributed by atoms with E-state index < -0.39 is 0 Å². The van der Waals surface area contributed by atoms with Crippen molar-refractivity contribution in [3.63, 3.8) is 0 Å². The maximum Gasteiger partial charge on any atom is 0.161 e. The van der Waals surface area contributed by atoms with Crippen LogP contribution in [-0.2, 0) is 18.5 Å². The van der Waals surface area contributed by atoms with E-state index in [-0.39, 0.29) is 5.41 Å². The molecule has 1 N–H and O–H groups in total. The minimum atomic E-state index is 0.181. The van der Waals surface area contributed by atoms with E-state index in [1.807, 2.05) is 42.5 Å². The molecule has 0 bridgehead atoms. The third kappa shape index (κ3) is 7.04. The van der Waals surface area contributed by atoms with Gasteiger partial charge in [-0.25, -0.2) is 0 Å². The van der Waals surface area contributed by atoms with Crippen LogP contribution < -0.4 is 19.5 Å². The monoisotopic (exact) mass is 419 g/mol. The molecular weight excluding hydrogens is 386 g/mol. The molecule has 0 aliphatic carbocycles. The molecule has 3 aromatic rings. The first-order valence-electron chi connectivity index (χ1n) is 10.7. The highest BCUT2D eigenvalue weighted by molar-refractivity contribution is 5.43. The van der Waals surface area contributed by atoms with Gasteiger partial charge >= 0.3 is 0 Å². The number of hydrogen-bond acceptors (Lipinski definition) is 4. The van der Waals surface area contributed by atoms with Gasteiger partial charge in [0, 0.05) is 13.1 Å². The number of nitrogens with one attached hydrogen (secondary N) is 1. The third-order valence-corrected chi connectivity index (χ3v) is 5.06. The number of methoxy groups -OCH3 is 1. The Morgan fingerprint density at radius 2 is 1.35 bits per heavy atom. The molecule has 0 aliphatic heterocycles. The summed E-state index contributed by atoms with van der Waals surface area (Å²) in [4.78, 5) is 0. The van der Waals surface area contributed by atoms with Crippen LogP contribution in [0.3, 0.4) is 0 Å². The molecule has 0 unspecified atom stereocenters. The molecule has 0 radical (unpaired) electrons. The highest BCUT2D eigenvalue weighted by Gasteiger charge is 2.12. The quantitative estimate of drug-likeness (QED) is 0.425. The zero-order chi connectivity index (χ0) is 22.1. The van der Waals surface area contributed by atoms with E-state index >= 15 is 0 Å². The molecule has 0 amide bonds. The largest absolute Gasteiger partial charge is 0.493 e. The van der Waals surface area contributed by atoms with Crippen molar-refractivity contribution in [3.8, 4) is 17.2 Å². The number of hydrogen-bond donors (Lipinski definition) is 1. The molecule has 164 valence electrons. The fourth-order valence-corrected chi connectivity index (χ4v) is 3.24. The average molecular weight is 420 g/mol. The first-order valence-corrected chi connectivity index (χ1v) is 10.7. The molecule has 0 aliphatic rings. The highest BCUT2D eigenvalue weighted by atomic mass is 16.5. The smallest absolute Gasteiger partial charge is 0.161 e. The SMILES string of the molecule is COc1cc(CNCc2ccc(C(C)(C)C)cc2)ccc1OCCOc1ccccc1. The lowest BCUT2D eigenvalue weighted by Crippen LogP contribution is -2.14. The molecule has 0 saturated carbocycles. The Hall–Kier alpha value is -2.98. The fraction of sp³-hybridized carbons (Fsp3) is 0.333. The van der Waals surface area contributed by atoms with E-state index in [1.54, 1.807) is 7.11 Å². The first-order chi connectivity index (χ1) is 15.0. The third-order valence-electron chi connectivity index (χ3n) is 5.06. The molecule has 0 atom stereocenters. The Balaban J connectivity index is 1.46. The van der Waals surface area contributed by atoms with Crippen molar-refractivity contribution < 1.29 is 14.2 Å². The summed E-state index contributed by atoms with van der Waals surface area (Å²) in [5.41, 5.74) is 3.96. The van der Waals surface area contributed by atoms with Crippen molar-refractivity contribution in [1.82, 2.24) is 5.32 Å². The number of para-hydroxylation sites is 1. The molecular formula is C27H33NO3. The molecule has 0 fully saturated rings. The van der Waals surface area contributed by atoms with Gasteiger partial charge in [-0.1, -0.05) is 69.3 Å². The normalized spacial score (nSPS) is 11.2. The van der Waals surface area contributed by atoms with E-state index in [2.05, 4.69) is 56.4 Å². The molecule has 0 saturated heterocycles. The van der Waals surface area contributed by atoms with Crippen LogP contribution in [0.2, 0.25) is 0 Å². The van der Waals surface area contributed by atoms with Crippen LogP contribution in [0.1, 0.15) is 37.5 Å². The summed E-state index contributed by atoms with van der Waals surface area (Å²) in [6, 6.07) is 24.6. The van der Waals surface area contributed by atoms with Crippen molar-refractivity contribution in [2.75, 3.05) is 20.3 Å². The van der Waals surface area contributed by atoms with Crippen molar-refractivity contribution in [2.24, 2.45) is 0 Å². The van der Waals surface area contributed by atoms with Crippen LogP contribution >= 0.6 is 0 Å². The summed E-state index contributed by atoms with van der Waals surface area (Å²) in [6.45, 7) is 9.21. The molecule has 4 heteroatoms. The molecule has 3 rings (SSSR count). The second kappa shape index (κ2) is 10.9. The second-order valence-corrected chi connectivity index (χ2v) is 8.55. The summed E-state index contributed by atoms with van der Waals surface area (Å²) in [5.74, 6) is 2.29. The fourth-order valence-electron chi connectivity index (χ4n) is 3.24. The Morgan fingerprint density at radius 3 is 2.03 bits per heavy atom. The van der Waals surface area contributed by atoms with Crippen LogP contribution in [0.25, 0.3) is 0 Å². The number of ether oxygens (including phenoxy) is 3. The van der Waals surface area contributed by atoms with Crippen molar-refractivity contribution in [2.45, 2.75) is 39.3 Å². The Morgan fingerprint density at radius 1 is 0.710 bits per heavy atom. The zero-order valence-corrected chi connectivity index (χ0v) is 19.0. The minimum absolute atomic E-state index is 0.181. The molecule has 31 heavy (non-hydrogen) atoms. The maximum atomic E-state index is 5.85. The average Bonchev–Trinajstić information content (AvgIpc) is 2.77. The van der Waals surface area contributed by atoms with Gasteiger partial charge < -0.3 is 19.5 Å². The summed E-state index contributed by atoms with van der Waals surface area (Å²) in [5, 5.41) is 3.50. The summed E-state index contributed by atoms with van der Waals surface area (Å²) in [7, 11) is 1.66. The van der Waals surface area contributed by atoms with Crippen LogP contribution in [-0.4, -0.2) is 20.3 Å². The summed E-state index contributed by atoms with van der Waals surface area (Å²) >= 11 is 0. The van der Waals surface area contributed by atoms with Crippen molar-refractivity contribution in [3.05, 3.63) is 89.5 Å². The molecule has 4 nitrogen and oxygen atoms in total. The van der Waals surface area contributed by atoms with Gasteiger partial charge in [0.2, 0.25) is 0 Å². The van der Waals surface area contributed by atoms with Gasteiger partial charge in [-0.15, -0.1) is 0 Å². The van der Waals surface area contributed by atoms with Crippen LogP contribution in [0.15, 0.2) is 72.8 Å². The molecule has 0 heterocycles. The van der Waals surface area contributed by atoms with E-state index in [0.29, 0.717) is 13.2 Å². The highest BCUT2D eigenvalue weighted by Crippen LogP contribution is 2.28. The first kappa shape index (κ1) is 22.7. The van der Waals surface area contributed by atoms with Gasteiger partial charge in [0.1, 0.15) is 19.0 Å². The van der Waals surface area contributed by atoms with Crippen LogP contribution in [0, 0.1) is 0 Å².